The van der Waals surface area contributed by atoms with E-state index >= 15 is 0 Å². The van der Waals surface area contributed by atoms with Crippen LogP contribution in [0.25, 0.3) is 0 Å². The molecule has 1 aliphatic rings. The topological polar surface area (TPSA) is 92.3 Å². The molecule has 0 saturated heterocycles. The van der Waals surface area contributed by atoms with Crippen molar-refractivity contribution < 1.29 is 16.8 Å². The maximum Gasteiger partial charge on any atom is 0.241 e. The van der Waals surface area contributed by atoms with Gasteiger partial charge < -0.3 is 5.32 Å². The van der Waals surface area contributed by atoms with E-state index in [0.717, 1.165) is 17.5 Å². The lowest BCUT2D eigenvalue weighted by molar-refractivity contribution is 0.575. The maximum atomic E-state index is 12.2. The van der Waals surface area contributed by atoms with Gasteiger partial charge in [0.1, 0.15) is 0 Å². The highest BCUT2D eigenvalue weighted by molar-refractivity contribution is 7.94. The van der Waals surface area contributed by atoms with Gasteiger partial charge in [0, 0.05) is 12.0 Å². The quantitative estimate of drug-likeness (QED) is 0.787. The third kappa shape index (κ3) is 4.37. The average Bonchev–Trinajstić information content (AvgIpc) is 2.75. The number of benzene rings is 1. The monoisotopic (exact) mass is 330 g/mol. The van der Waals surface area contributed by atoms with Crippen LogP contribution in [0.2, 0.25) is 0 Å². The fourth-order valence-electron chi connectivity index (χ4n) is 1.97. The molecular weight excluding hydrogens is 312 g/mol. The number of sulfonamides is 1. The van der Waals surface area contributed by atoms with Crippen molar-refractivity contribution >= 4 is 19.9 Å². The van der Waals surface area contributed by atoms with Gasteiger partial charge in [0.2, 0.25) is 10.0 Å². The Morgan fingerprint density at radius 1 is 1.24 bits per heavy atom. The van der Waals surface area contributed by atoms with Gasteiger partial charge in [0.05, 0.1) is 16.7 Å². The lowest BCUT2D eigenvalue weighted by atomic mass is 10.2. The van der Waals surface area contributed by atoms with Crippen molar-refractivity contribution in [3.63, 3.8) is 0 Å². The Hall–Kier alpha value is -1.22. The molecule has 0 spiro atoms. The Kier molecular flexibility index (Phi) is 4.82. The SMILES string of the molecule is CCNCc1ccc(S(=O)(=O)NC2C=CS(=O)(=O)C2)cc1. The molecule has 0 aliphatic carbocycles. The molecule has 0 radical (unpaired) electrons. The summed E-state index contributed by atoms with van der Waals surface area (Å²) in [5.41, 5.74) is 0.985. The van der Waals surface area contributed by atoms with Crippen LogP contribution >= 0.6 is 0 Å². The predicted molar refractivity (Wildman–Crippen MR) is 80.9 cm³/mol. The fourth-order valence-corrected chi connectivity index (χ4v) is 4.50. The highest BCUT2D eigenvalue weighted by Crippen LogP contribution is 2.14. The van der Waals surface area contributed by atoms with E-state index in [1.807, 2.05) is 6.92 Å². The Morgan fingerprint density at radius 2 is 1.90 bits per heavy atom. The minimum Gasteiger partial charge on any atom is -0.313 e. The maximum absolute atomic E-state index is 12.2. The molecule has 1 atom stereocenters. The van der Waals surface area contributed by atoms with Crippen LogP contribution in [0.15, 0.2) is 40.6 Å². The Balaban J connectivity index is 2.08. The van der Waals surface area contributed by atoms with E-state index in [2.05, 4.69) is 10.0 Å². The van der Waals surface area contributed by atoms with E-state index in [0.29, 0.717) is 6.54 Å². The van der Waals surface area contributed by atoms with E-state index in [1.165, 1.54) is 18.2 Å². The zero-order valence-electron chi connectivity index (χ0n) is 11.6. The van der Waals surface area contributed by atoms with Gasteiger partial charge in [-0.1, -0.05) is 25.1 Å². The number of rotatable bonds is 6. The molecule has 1 heterocycles. The number of hydrogen-bond acceptors (Lipinski definition) is 5. The van der Waals surface area contributed by atoms with Gasteiger partial charge in [-0.3, -0.25) is 0 Å². The first-order valence-electron chi connectivity index (χ1n) is 6.55. The fraction of sp³-hybridized carbons (Fsp3) is 0.385. The lowest BCUT2D eigenvalue weighted by Crippen LogP contribution is -2.35. The Morgan fingerprint density at radius 3 is 2.43 bits per heavy atom. The van der Waals surface area contributed by atoms with E-state index in [9.17, 15) is 16.8 Å². The van der Waals surface area contributed by atoms with Crippen LogP contribution in [0.5, 0.6) is 0 Å². The summed E-state index contributed by atoms with van der Waals surface area (Å²) in [4.78, 5) is 0.125. The Labute approximate surface area is 125 Å². The van der Waals surface area contributed by atoms with Crippen LogP contribution in [0, 0.1) is 0 Å². The van der Waals surface area contributed by atoms with Crippen LogP contribution in [0.3, 0.4) is 0 Å². The van der Waals surface area contributed by atoms with E-state index in [-0.39, 0.29) is 10.6 Å². The molecule has 1 aromatic carbocycles. The highest BCUT2D eigenvalue weighted by Gasteiger charge is 2.26. The van der Waals surface area contributed by atoms with Crippen molar-refractivity contribution in [1.82, 2.24) is 10.0 Å². The summed E-state index contributed by atoms with van der Waals surface area (Å²) in [7, 11) is -7.00. The summed E-state index contributed by atoms with van der Waals surface area (Å²) in [6, 6.07) is 5.79. The van der Waals surface area contributed by atoms with Gasteiger partial charge >= 0.3 is 0 Å². The average molecular weight is 330 g/mol. The number of hydrogen-bond donors (Lipinski definition) is 2. The smallest absolute Gasteiger partial charge is 0.241 e. The van der Waals surface area contributed by atoms with Gasteiger partial charge in [-0.2, -0.15) is 0 Å². The molecule has 1 aliphatic heterocycles. The zero-order valence-corrected chi connectivity index (χ0v) is 13.2. The highest BCUT2D eigenvalue weighted by atomic mass is 32.2. The summed E-state index contributed by atoms with van der Waals surface area (Å²) < 4.78 is 49.3. The summed E-state index contributed by atoms with van der Waals surface area (Å²) in [6.45, 7) is 3.50. The van der Waals surface area contributed by atoms with Crippen molar-refractivity contribution in [1.29, 1.82) is 0 Å². The molecule has 1 aromatic rings. The second-order valence-corrected chi connectivity index (χ2v) is 8.46. The molecule has 2 N–H and O–H groups in total. The minimum atomic E-state index is -3.72. The second kappa shape index (κ2) is 6.27. The van der Waals surface area contributed by atoms with Crippen molar-refractivity contribution in [2.75, 3.05) is 12.3 Å². The number of nitrogens with one attached hydrogen (secondary N) is 2. The first-order chi connectivity index (χ1) is 9.82. The van der Waals surface area contributed by atoms with Crippen LogP contribution in [0.4, 0.5) is 0 Å². The van der Waals surface area contributed by atoms with Gasteiger partial charge in [-0.15, -0.1) is 0 Å². The Bertz CT molecular complexity index is 722. The van der Waals surface area contributed by atoms with Gasteiger partial charge in [-0.05, 0) is 24.2 Å². The van der Waals surface area contributed by atoms with E-state index in [1.54, 1.807) is 12.1 Å². The third-order valence-corrected chi connectivity index (χ3v) is 5.95. The molecule has 0 amide bonds. The molecule has 0 bridgehead atoms. The third-order valence-electron chi connectivity index (χ3n) is 3.05. The van der Waals surface area contributed by atoms with E-state index < -0.39 is 25.9 Å². The molecule has 116 valence electrons. The molecule has 2 rings (SSSR count). The van der Waals surface area contributed by atoms with Gasteiger partial charge in [0.25, 0.3) is 0 Å². The zero-order chi connectivity index (χ0) is 15.5. The lowest BCUT2D eigenvalue weighted by Gasteiger charge is -2.11. The minimum absolute atomic E-state index is 0.125. The van der Waals surface area contributed by atoms with Crippen molar-refractivity contribution in [3.05, 3.63) is 41.3 Å². The van der Waals surface area contributed by atoms with Crippen LogP contribution in [-0.4, -0.2) is 35.2 Å². The molecule has 0 saturated carbocycles. The van der Waals surface area contributed by atoms with Crippen molar-refractivity contribution in [3.8, 4) is 0 Å². The molecular formula is C13H18N2O4S2. The molecule has 0 aromatic heterocycles. The van der Waals surface area contributed by atoms with Crippen LogP contribution in [0.1, 0.15) is 12.5 Å². The van der Waals surface area contributed by atoms with Gasteiger partial charge in [0.15, 0.2) is 9.84 Å². The summed E-state index contributed by atoms with van der Waals surface area (Å²) >= 11 is 0. The standard InChI is InChI=1S/C13H18N2O4S2/c1-2-14-9-11-3-5-13(6-4-11)21(18,19)15-12-7-8-20(16,17)10-12/h3-8,12,14-15H,2,9-10H2,1H3. The largest absolute Gasteiger partial charge is 0.313 e. The van der Waals surface area contributed by atoms with Crippen molar-refractivity contribution in [2.45, 2.75) is 24.4 Å². The first-order valence-corrected chi connectivity index (χ1v) is 9.75. The number of sulfone groups is 1. The molecule has 1 unspecified atom stereocenters. The summed E-state index contributed by atoms with van der Waals surface area (Å²) in [5, 5.41) is 4.19. The van der Waals surface area contributed by atoms with Crippen molar-refractivity contribution in [2.24, 2.45) is 0 Å². The summed E-state index contributed by atoms with van der Waals surface area (Å²) in [6.07, 6.45) is 1.35. The van der Waals surface area contributed by atoms with Gasteiger partial charge in [-0.25, -0.2) is 21.6 Å². The normalized spacial score (nSPS) is 20.7. The molecule has 8 heteroatoms. The molecule has 0 fully saturated rings. The molecule has 6 nitrogen and oxygen atoms in total. The first kappa shape index (κ1) is 16.2. The van der Waals surface area contributed by atoms with E-state index in [4.69, 9.17) is 0 Å². The second-order valence-electron chi connectivity index (χ2n) is 4.81. The predicted octanol–water partition coefficient (Wildman–Crippen LogP) is 0.385. The molecule has 21 heavy (non-hydrogen) atoms. The summed E-state index contributed by atoms with van der Waals surface area (Å²) in [5.74, 6) is -0.231. The van der Waals surface area contributed by atoms with Crippen LogP contribution in [-0.2, 0) is 26.4 Å². The van der Waals surface area contributed by atoms with Crippen LogP contribution < -0.4 is 10.0 Å².